The molecule has 7 aromatic rings. The van der Waals surface area contributed by atoms with E-state index in [2.05, 4.69) is 140 Å². The van der Waals surface area contributed by atoms with Gasteiger partial charge in [0.05, 0.1) is 0 Å². The Hall–Kier alpha value is -4.68. The average Bonchev–Trinajstić information content (AvgIpc) is 3.55. The highest BCUT2D eigenvalue weighted by Gasteiger charge is 2.50. The van der Waals surface area contributed by atoms with Crippen LogP contribution in [0.4, 0.5) is 0 Å². The molecule has 10 rings (SSSR count). The molecule has 0 bridgehead atoms. The minimum Gasteiger partial charge on any atom is -0.0616 e. The quantitative estimate of drug-likeness (QED) is 0.173. The minimum atomic E-state index is 0.618. The lowest BCUT2D eigenvalue weighted by Crippen LogP contribution is -2.39. The number of aryl methyl sites for hydroxylation is 1. The van der Waals surface area contributed by atoms with Crippen LogP contribution in [0.3, 0.4) is 0 Å². The predicted molar refractivity (Wildman–Crippen MR) is 205 cm³/mol. The summed E-state index contributed by atoms with van der Waals surface area (Å²) in [4.78, 5) is 0. The summed E-state index contributed by atoms with van der Waals surface area (Å²) < 4.78 is 0. The van der Waals surface area contributed by atoms with E-state index in [1.165, 1.54) is 111 Å². The molecule has 4 atom stereocenters. The van der Waals surface area contributed by atoms with E-state index >= 15 is 0 Å². The smallest absolute Gasteiger partial charge is 0.00201 e. The van der Waals surface area contributed by atoms with Crippen LogP contribution in [0.15, 0.2) is 133 Å². The summed E-state index contributed by atoms with van der Waals surface area (Å²) in [6.45, 7) is 2.61. The van der Waals surface area contributed by atoms with Gasteiger partial charge in [0, 0.05) is 0 Å². The van der Waals surface area contributed by atoms with Crippen molar-refractivity contribution in [3.63, 3.8) is 0 Å². The molecule has 48 heavy (non-hydrogen) atoms. The Morgan fingerprint density at radius 1 is 0.521 bits per heavy atom. The molecule has 0 heteroatoms. The van der Waals surface area contributed by atoms with Gasteiger partial charge in [-0.2, -0.15) is 0 Å². The second kappa shape index (κ2) is 10.9. The normalized spacial score (nSPS) is 23.2. The van der Waals surface area contributed by atoms with Gasteiger partial charge in [0.25, 0.3) is 0 Å². The Balaban J connectivity index is 1.06. The standard InChI is InChI=1S/C48H42/c1-48-28-9-18-45(48)39-26-24-35-30-34(23-25-37(35)38(39)27-29-48)31-19-21-33(22-20-31)46-41-13-4-6-15-43(41)47(44-16-7-5-14-42(44)46)40-17-8-11-32-10-2-3-12-36(32)40/h2-8,10-17,19-23,25,30,38-39,45H,9,18,24,26-29H2,1H3. The molecule has 0 aliphatic heterocycles. The zero-order valence-corrected chi connectivity index (χ0v) is 27.9. The van der Waals surface area contributed by atoms with E-state index in [1.807, 2.05) is 0 Å². The van der Waals surface area contributed by atoms with E-state index in [1.54, 1.807) is 11.1 Å². The largest absolute Gasteiger partial charge is 0.0616 e. The Morgan fingerprint density at radius 3 is 1.90 bits per heavy atom. The van der Waals surface area contributed by atoms with Crippen molar-refractivity contribution < 1.29 is 0 Å². The van der Waals surface area contributed by atoms with Gasteiger partial charge in [0.1, 0.15) is 0 Å². The van der Waals surface area contributed by atoms with Crippen LogP contribution in [0.25, 0.3) is 65.7 Å². The molecule has 4 unspecified atom stereocenters. The maximum absolute atomic E-state index is 2.61. The highest BCUT2D eigenvalue weighted by atomic mass is 14.5. The highest BCUT2D eigenvalue weighted by molar-refractivity contribution is 6.23. The topological polar surface area (TPSA) is 0 Å². The molecule has 7 aromatic carbocycles. The van der Waals surface area contributed by atoms with E-state index in [0.29, 0.717) is 5.41 Å². The van der Waals surface area contributed by atoms with Gasteiger partial charge in [0.2, 0.25) is 0 Å². The lowest BCUT2D eigenvalue weighted by Gasteiger charge is -2.49. The summed E-state index contributed by atoms with van der Waals surface area (Å²) in [5.74, 6) is 2.63. The summed E-state index contributed by atoms with van der Waals surface area (Å²) in [7, 11) is 0. The monoisotopic (exact) mass is 618 g/mol. The van der Waals surface area contributed by atoms with Gasteiger partial charge in [-0.25, -0.2) is 0 Å². The highest BCUT2D eigenvalue weighted by Crippen LogP contribution is 2.61. The summed E-state index contributed by atoms with van der Waals surface area (Å²) in [5, 5.41) is 7.80. The van der Waals surface area contributed by atoms with Crippen molar-refractivity contribution >= 4 is 32.3 Å². The van der Waals surface area contributed by atoms with Crippen molar-refractivity contribution in [3.8, 4) is 33.4 Å². The van der Waals surface area contributed by atoms with Crippen molar-refractivity contribution in [1.82, 2.24) is 0 Å². The SMILES string of the molecule is CC12CCCC1C1CCc3cc(-c4ccc(-c5c6ccccc6c(-c6cccc7ccccc67)c6ccccc56)cc4)ccc3C1CC2. The van der Waals surface area contributed by atoms with Gasteiger partial charge >= 0.3 is 0 Å². The van der Waals surface area contributed by atoms with E-state index in [-0.39, 0.29) is 0 Å². The van der Waals surface area contributed by atoms with Gasteiger partial charge < -0.3 is 0 Å². The van der Waals surface area contributed by atoms with Crippen molar-refractivity contribution in [3.05, 3.63) is 145 Å². The maximum atomic E-state index is 2.61. The average molecular weight is 619 g/mol. The first-order valence-electron chi connectivity index (χ1n) is 18.3. The van der Waals surface area contributed by atoms with Gasteiger partial charge in [-0.3, -0.25) is 0 Å². The second-order valence-corrected chi connectivity index (χ2v) is 15.4. The maximum Gasteiger partial charge on any atom is -0.00201 e. The second-order valence-electron chi connectivity index (χ2n) is 15.4. The first-order valence-corrected chi connectivity index (χ1v) is 18.3. The summed E-state index contributed by atoms with van der Waals surface area (Å²) in [6.07, 6.45) is 9.82. The van der Waals surface area contributed by atoms with E-state index in [4.69, 9.17) is 0 Å². The van der Waals surface area contributed by atoms with Crippen LogP contribution in [0.1, 0.15) is 62.5 Å². The molecule has 2 saturated carbocycles. The third-order valence-corrected chi connectivity index (χ3v) is 13.0. The molecule has 0 amide bonds. The molecular formula is C48H42. The van der Waals surface area contributed by atoms with Crippen LogP contribution in [-0.2, 0) is 6.42 Å². The van der Waals surface area contributed by atoms with Crippen LogP contribution in [-0.4, -0.2) is 0 Å². The zero-order chi connectivity index (χ0) is 31.8. The van der Waals surface area contributed by atoms with Crippen LogP contribution in [0.2, 0.25) is 0 Å². The van der Waals surface area contributed by atoms with E-state index < -0.39 is 0 Å². The summed E-state index contributed by atoms with van der Waals surface area (Å²) in [5.41, 5.74) is 11.8. The third kappa shape index (κ3) is 4.28. The van der Waals surface area contributed by atoms with Crippen molar-refractivity contribution in [2.24, 2.45) is 17.3 Å². The fourth-order valence-corrected chi connectivity index (χ4v) is 10.8. The molecule has 0 saturated heterocycles. The Kier molecular flexibility index (Phi) is 6.45. The van der Waals surface area contributed by atoms with E-state index in [0.717, 1.165) is 17.8 Å². The first kappa shape index (κ1) is 28.3. The van der Waals surface area contributed by atoms with Crippen LogP contribution in [0, 0.1) is 17.3 Å². The fourth-order valence-electron chi connectivity index (χ4n) is 10.8. The predicted octanol–water partition coefficient (Wildman–Crippen LogP) is 13.4. The first-order chi connectivity index (χ1) is 23.7. The Labute approximate surface area is 284 Å². The van der Waals surface area contributed by atoms with Crippen LogP contribution >= 0.6 is 0 Å². The van der Waals surface area contributed by atoms with Gasteiger partial charge in [-0.1, -0.05) is 147 Å². The molecule has 0 heterocycles. The molecule has 3 aliphatic rings. The van der Waals surface area contributed by atoms with Gasteiger partial charge in [0.15, 0.2) is 0 Å². The number of hydrogen-bond acceptors (Lipinski definition) is 0. The number of hydrogen-bond donors (Lipinski definition) is 0. The van der Waals surface area contributed by atoms with Gasteiger partial charge in [-0.15, -0.1) is 0 Å². The molecule has 0 spiro atoms. The van der Waals surface area contributed by atoms with Crippen LogP contribution < -0.4 is 0 Å². The van der Waals surface area contributed by atoms with E-state index in [9.17, 15) is 0 Å². The minimum absolute atomic E-state index is 0.618. The number of fused-ring (bicyclic) bond motifs is 8. The molecular weight excluding hydrogens is 577 g/mol. The molecule has 0 N–H and O–H groups in total. The molecule has 2 fully saturated rings. The number of rotatable bonds is 3. The molecule has 0 radical (unpaired) electrons. The third-order valence-electron chi connectivity index (χ3n) is 13.0. The summed E-state index contributed by atoms with van der Waals surface area (Å²) in [6, 6.07) is 50.4. The van der Waals surface area contributed by atoms with Crippen molar-refractivity contribution in [1.29, 1.82) is 0 Å². The molecule has 3 aliphatic carbocycles. The lowest BCUT2D eigenvalue weighted by molar-refractivity contribution is 0.0599. The molecule has 0 nitrogen and oxygen atoms in total. The van der Waals surface area contributed by atoms with Gasteiger partial charge in [-0.05, 0) is 139 Å². The fraction of sp³-hybridized carbons (Fsp3) is 0.250. The van der Waals surface area contributed by atoms with Crippen molar-refractivity contribution in [2.45, 2.75) is 57.8 Å². The Bertz CT molecular complexity index is 2300. The molecule has 0 aromatic heterocycles. The van der Waals surface area contributed by atoms with Crippen molar-refractivity contribution in [2.75, 3.05) is 0 Å². The summed E-state index contributed by atoms with van der Waals surface area (Å²) >= 11 is 0. The molecule has 234 valence electrons. The Morgan fingerprint density at radius 2 is 1.15 bits per heavy atom. The zero-order valence-electron chi connectivity index (χ0n) is 27.9. The lowest BCUT2D eigenvalue weighted by atomic mass is 9.56. The van der Waals surface area contributed by atoms with Crippen LogP contribution in [0.5, 0.6) is 0 Å². The number of benzene rings is 7.